The predicted molar refractivity (Wildman–Crippen MR) is 82.3 cm³/mol. The summed E-state index contributed by atoms with van der Waals surface area (Å²) < 4.78 is 5.87. The molecule has 1 aliphatic rings. The van der Waals surface area contributed by atoms with Crippen LogP contribution in [0.3, 0.4) is 0 Å². The molecule has 1 aromatic carbocycles. The Labute approximate surface area is 122 Å². The van der Waals surface area contributed by atoms with Crippen LogP contribution in [0.4, 0.5) is 0 Å². The first-order chi connectivity index (χ1) is 9.38. The molecule has 0 saturated heterocycles. The van der Waals surface area contributed by atoms with Crippen molar-refractivity contribution >= 4 is 5.78 Å². The van der Waals surface area contributed by atoms with E-state index in [1.807, 2.05) is 6.07 Å². The number of hydrogen-bond acceptors (Lipinski definition) is 2. The van der Waals surface area contributed by atoms with Gasteiger partial charge >= 0.3 is 0 Å². The zero-order valence-electron chi connectivity index (χ0n) is 13.2. The highest BCUT2D eigenvalue weighted by Crippen LogP contribution is 2.32. The van der Waals surface area contributed by atoms with Gasteiger partial charge < -0.3 is 4.74 Å². The Balaban J connectivity index is 2.08. The molecule has 0 radical (unpaired) electrons. The lowest BCUT2D eigenvalue weighted by molar-refractivity contribution is -0.124. The molecule has 2 heteroatoms. The van der Waals surface area contributed by atoms with Gasteiger partial charge in [0.15, 0.2) is 5.78 Å². The molecule has 0 unspecified atom stereocenters. The van der Waals surface area contributed by atoms with Gasteiger partial charge in [0.05, 0.1) is 0 Å². The highest BCUT2D eigenvalue weighted by Gasteiger charge is 2.24. The monoisotopic (exact) mass is 274 g/mol. The second-order valence-corrected chi connectivity index (χ2v) is 6.99. The Morgan fingerprint density at radius 3 is 2.50 bits per heavy atom. The summed E-state index contributed by atoms with van der Waals surface area (Å²) in [4.78, 5) is 12.1. The van der Waals surface area contributed by atoms with E-state index in [0.717, 1.165) is 18.6 Å². The Morgan fingerprint density at radius 2 is 1.90 bits per heavy atom. The van der Waals surface area contributed by atoms with Crippen LogP contribution in [-0.2, 0) is 10.2 Å². The number of ketones is 1. The quantitative estimate of drug-likeness (QED) is 0.812. The van der Waals surface area contributed by atoms with Crippen molar-refractivity contribution in [2.75, 3.05) is 6.61 Å². The first-order valence-electron chi connectivity index (χ1n) is 7.64. The summed E-state index contributed by atoms with van der Waals surface area (Å²) in [6.07, 6.45) is 4.46. The van der Waals surface area contributed by atoms with Crippen LogP contribution in [0, 0.1) is 12.8 Å². The van der Waals surface area contributed by atoms with Crippen LogP contribution in [0.2, 0.25) is 0 Å². The molecule has 0 N–H and O–H groups in total. The van der Waals surface area contributed by atoms with E-state index in [-0.39, 0.29) is 23.7 Å². The van der Waals surface area contributed by atoms with E-state index in [9.17, 15) is 4.79 Å². The van der Waals surface area contributed by atoms with Crippen molar-refractivity contribution in [3.05, 3.63) is 29.3 Å². The molecule has 2 rings (SSSR count). The van der Waals surface area contributed by atoms with Crippen LogP contribution < -0.4 is 4.74 Å². The van der Waals surface area contributed by atoms with Gasteiger partial charge in [-0.2, -0.15) is 0 Å². The third-order valence-electron chi connectivity index (χ3n) is 4.13. The third-order valence-corrected chi connectivity index (χ3v) is 4.13. The summed E-state index contributed by atoms with van der Waals surface area (Å²) in [5, 5.41) is 0. The van der Waals surface area contributed by atoms with Crippen molar-refractivity contribution in [1.29, 1.82) is 0 Å². The SMILES string of the molecule is Cc1ccc(C(C)(C)C)c(OCC(=O)C2CCCC2)c1. The van der Waals surface area contributed by atoms with Crippen molar-refractivity contribution in [2.45, 2.75) is 58.8 Å². The number of aryl methyl sites for hydroxylation is 1. The molecule has 2 nitrogen and oxygen atoms in total. The van der Waals surface area contributed by atoms with E-state index in [1.165, 1.54) is 24.0 Å². The van der Waals surface area contributed by atoms with E-state index in [4.69, 9.17) is 4.74 Å². The van der Waals surface area contributed by atoms with Gasteiger partial charge in [-0.3, -0.25) is 4.79 Å². The molecule has 0 spiro atoms. The van der Waals surface area contributed by atoms with Crippen molar-refractivity contribution in [2.24, 2.45) is 5.92 Å². The average Bonchev–Trinajstić information content (AvgIpc) is 2.88. The molecular formula is C18H26O2. The first-order valence-corrected chi connectivity index (χ1v) is 7.64. The van der Waals surface area contributed by atoms with E-state index < -0.39 is 0 Å². The Hall–Kier alpha value is -1.31. The van der Waals surface area contributed by atoms with Gasteiger partial charge in [0, 0.05) is 5.92 Å². The van der Waals surface area contributed by atoms with Gasteiger partial charge in [0.1, 0.15) is 12.4 Å². The van der Waals surface area contributed by atoms with Crippen molar-refractivity contribution < 1.29 is 9.53 Å². The fraction of sp³-hybridized carbons (Fsp3) is 0.611. The smallest absolute Gasteiger partial charge is 0.173 e. The minimum Gasteiger partial charge on any atom is -0.486 e. The van der Waals surface area contributed by atoms with Gasteiger partial charge in [0.2, 0.25) is 0 Å². The maximum Gasteiger partial charge on any atom is 0.173 e. The third kappa shape index (κ3) is 3.62. The van der Waals surface area contributed by atoms with Crippen LogP contribution in [0.25, 0.3) is 0 Å². The average molecular weight is 274 g/mol. The van der Waals surface area contributed by atoms with Crippen molar-refractivity contribution in [3.8, 4) is 5.75 Å². The molecule has 1 saturated carbocycles. The van der Waals surface area contributed by atoms with Crippen LogP contribution in [0.5, 0.6) is 5.75 Å². The maximum absolute atomic E-state index is 12.1. The number of benzene rings is 1. The topological polar surface area (TPSA) is 26.3 Å². The summed E-state index contributed by atoms with van der Waals surface area (Å²) in [5.41, 5.74) is 2.36. The predicted octanol–water partition coefficient (Wildman–Crippen LogP) is 4.43. The fourth-order valence-corrected chi connectivity index (χ4v) is 2.88. The molecule has 0 amide bonds. The standard InChI is InChI=1S/C18H26O2/c1-13-9-10-15(18(2,3)4)17(11-13)20-12-16(19)14-7-5-6-8-14/h9-11,14H,5-8,12H2,1-4H3. The van der Waals surface area contributed by atoms with Crippen LogP contribution in [-0.4, -0.2) is 12.4 Å². The van der Waals surface area contributed by atoms with Gasteiger partial charge in [-0.1, -0.05) is 45.7 Å². The van der Waals surface area contributed by atoms with Crippen LogP contribution in [0.1, 0.15) is 57.6 Å². The van der Waals surface area contributed by atoms with Gasteiger partial charge in [0.25, 0.3) is 0 Å². The molecule has 0 aliphatic heterocycles. The van der Waals surface area contributed by atoms with Crippen molar-refractivity contribution in [3.63, 3.8) is 0 Å². The van der Waals surface area contributed by atoms with Crippen LogP contribution >= 0.6 is 0 Å². The lowest BCUT2D eigenvalue weighted by atomic mass is 9.86. The Kier molecular flexibility index (Phi) is 4.52. The normalized spacial score (nSPS) is 16.4. The first kappa shape index (κ1) is 15.1. The molecule has 110 valence electrons. The highest BCUT2D eigenvalue weighted by atomic mass is 16.5. The second kappa shape index (κ2) is 5.99. The molecule has 1 aliphatic carbocycles. The number of carbonyl (C=O) groups is 1. The molecule has 20 heavy (non-hydrogen) atoms. The van der Waals surface area contributed by atoms with E-state index in [1.54, 1.807) is 0 Å². The molecule has 0 aromatic heterocycles. The number of Topliss-reactive ketones (excluding diaryl/α,β-unsaturated/α-hetero) is 1. The lowest BCUT2D eigenvalue weighted by Crippen LogP contribution is -2.21. The zero-order chi connectivity index (χ0) is 14.8. The molecule has 1 aromatic rings. The minimum atomic E-state index is 0.0272. The van der Waals surface area contributed by atoms with Gasteiger partial charge in [-0.05, 0) is 42.4 Å². The highest BCUT2D eigenvalue weighted by molar-refractivity contribution is 5.82. The maximum atomic E-state index is 12.1. The molecular weight excluding hydrogens is 248 g/mol. The molecule has 0 heterocycles. The van der Waals surface area contributed by atoms with Crippen LogP contribution in [0.15, 0.2) is 18.2 Å². The Morgan fingerprint density at radius 1 is 1.25 bits per heavy atom. The van der Waals surface area contributed by atoms with E-state index in [2.05, 4.69) is 39.8 Å². The van der Waals surface area contributed by atoms with Gasteiger partial charge in [-0.25, -0.2) is 0 Å². The summed E-state index contributed by atoms with van der Waals surface area (Å²) in [6.45, 7) is 8.78. The summed E-state index contributed by atoms with van der Waals surface area (Å²) in [6, 6.07) is 6.26. The number of hydrogen-bond donors (Lipinski definition) is 0. The molecule has 1 fully saturated rings. The summed E-state index contributed by atoms with van der Waals surface area (Å²) >= 11 is 0. The van der Waals surface area contributed by atoms with Gasteiger partial charge in [-0.15, -0.1) is 0 Å². The van der Waals surface area contributed by atoms with Crippen molar-refractivity contribution in [1.82, 2.24) is 0 Å². The van der Waals surface area contributed by atoms with E-state index >= 15 is 0 Å². The second-order valence-electron chi connectivity index (χ2n) is 6.99. The fourth-order valence-electron chi connectivity index (χ4n) is 2.88. The number of carbonyl (C=O) groups excluding carboxylic acids is 1. The lowest BCUT2D eigenvalue weighted by Gasteiger charge is -2.23. The minimum absolute atomic E-state index is 0.0272. The Bertz CT molecular complexity index is 477. The summed E-state index contributed by atoms with van der Waals surface area (Å²) in [5.74, 6) is 1.37. The largest absolute Gasteiger partial charge is 0.486 e. The molecule has 0 atom stereocenters. The number of rotatable bonds is 4. The zero-order valence-corrected chi connectivity index (χ0v) is 13.2. The molecule has 0 bridgehead atoms. The number of ether oxygens (including phenoxy) is 1. The summed E-state index contributed by atoms with van der Waals surface area (Å²) in [7, 11) is 0. The van der Waals surface area contributed by atoms with E-state index in [0.29, 0.717) is 0 Å².